The van der Waals surface area contributed by atoms with Crippen molar-refractivity contribution < 1.29 is 5.11 Å². The molecule has 0 amide bonds. The molecule has 0 atom stereocenters. The minimum Gasteiger partial charge on any atom is -0.510 e. The first-order valence-electron chi connectivity index (χ1n) is 6.22. The van der Waals surface area contributed by atoms with Crippen LogP contribution in [0, 0.1) is 12.3 Å². The number of aromatic nitrogens is 2. The fourth-order valence-electron chi connectivity index (χ4n) is 2.17. The molecule has 0 spiro atoms. The van der Waals surface area contributed by atoms with Crippen LogP contribution < -0.4 is 0 Å². The Hall–Kier alpha value is -2.21. The quantitative estimate of drug-likeness (QED) is 0.909. The number of thiazole rings is 1. The monoisotopic (exact) mass is 286 g/mol. The second kappa shape index (κ2) is 5.05. The molecule has 0 fully saturated rings. The molecular weight excluding hydrogens is 272 g/mol. The number of hydrogen-bond donors (Lipinski definition) is 2. The van der Waals surface area contributed by atoms with Crippen molar-refractivity contribution in [3.63, 3.8) is 0 Å². The molecule has 2 aromatic heterocycles. The average Bonchev–Trinajstić information content (AvgIpc) is 2.96. The summed E-state index contributed by atoms with van der Waals surface area (Å²) in [6, 6.07) is 3.83. The number of amidine groups is 1. The zero-order valence-electron chi connectivity index (χ0n) is 11.0. The lowest BCUT2D eigenvalue weighted by Crippen LogP contribution is -2.26. The van der Waals surface area contributed by atoms with Crippen molar-refractivity contribution >= 4 is 22.7 Å². The van der Waals surface area contributed by atoms with Crippen molar-refractivity contribution in [1.29, 1.82) is 5.41 Å². The van der Waals surface area contributed by atoms with Crippen molar-refractivity contribution in [2.45, 2.75) is 13.5 Å². The standard InChI is InChI=1S/C14H14N4OS/c1-9-8-20-14(17-9)12-11(19)7-18(13(12)15)6-10-2-4-16-5-3-10/h2-5,8,15,19H,6-7H2,1H3. The summed E-state index contributed by atoms with van der Waals surface area (Å²) in [6.45, 7) is 2.85. The molecule has 102 valence electrons. The average molecular weight is 286 g/mol. The van der Waals surface area contributed by atoms with Gasteiger partial charge in [0.15, 0.2) is 0 Å². The molecule has 3 heterocycles. The number of rotatable bonds is 3. The molecule has 0 bridgehead atoms. The fourth-order valence-corrected chi connectivity index (χ4v) is 3.03. The van der Waals surface area contributed by atoms with Crippen LogP contribution in [-0.2, 0) is 6.54 Å². The first kappa shape index (κ1) is 12.8. The Balaban J connectivity index is 1.82. The van der Waals surface area contributed by atoms with Crippen LogP contribution in [0.3, 0.4) is 0 Å². The number of nitrogens with zero attached hydrogens (tertiary/aromatic N) is 3. The van der Waals surface area contributed by atoms with Crippen LogP contribution in [-0.4, -0.2) is 32.4 Å². The maximum atomic E-state index is 10.1. The third-order valence-electron chi connectivity index (χ3n) is 3.14. The van der Waals surface area contributed by atoms with Crippen LogP contribution >= 0.6 is 11.3 Å². The van der Waals surface area contributed by atoms with Gasteiger partial charge in [0.2, 0.25) is 0 Å². The van der Waals surface area contributed by atoms with E-state index in [9.17, 15) is 5.11 Å². The number of nitrogens with one attached hydrogen (secondary N) is 1. The van der Waals surface area contributed by atoms with Gasteiger partial charge in [-0.1, -0.05) is 0 Å². The van der Waals surface area contributed by atoms with Crippen LogP contribution in [0.2, 0.25) is 0 Å². The van der Waals surface area contributed by atoms with E-state index in [1.54, 1.807) is 12.4 Å². The van der Waals surface area contributed by atoms with Crippen molar-refractivity contribution in [3.8, 4) is 0 Å². The lowest BCUT2D eigenvalue weighted by molar-refractivity contribution is 0.347. The van der Waals surface area contributed by atoms with Crippen LogP contribution in [0.15, 0.2) is 35.7 Å². The van der Waals surface area contributed by atoms with Gasteiger partial charge in [0.1, 0.15) is 16.6 Å². The summed E-state index contributed by atoms with van der Waals surface area (Å²) in [6.07, 6.45) is 3.46. The summed E-state index contributed by atoms with van der Waals surface area (Å²) in [4.78, 5) is 10.2. The van der Waals surface area contributed by atoms with E-state index in [0.717, 1.165) is 11.3 Å². The van der Waals surface area contributed by atoms with E-state index >= 15 is 0 Å². The predicted molar refractivity (Wildman–Crippen MR) is 78.8 cm³/mol. The molecular formula is C14H14N4OS. The lowest BCUT2D eigenvalue weighted by atomic mass is 10.2. The van der Waals surface area contributed by atoms with Gasteiger partial charge in [0.05, 0.1) is 12.1 Å². The maximum Gasteiger partial charge on any atom is 0.135 e. The van der Waals surface area contributed by atoms with Gasteiger partial charge in [0.25, 0.3) is 0 Å². The van der Waals surface area contributed by atoms with Crippen molar-refractivity contribution in [1.82, 2.24) is 14.9 Å². The van der Waals surface area contributed by atoms with Gasteiger partial charge in [0, 0.05) is 30.0 Å². The van der Waals surface area contributed by atoms with Crippen molar-refractivity contribution in [2.24, 2.45) is 0 Å². The molecule has 0 saturated carbocycles. The Morgan fingerprint density at radius 3 is 2.80 bits per heavy atom. The highest BCUT2D eigenvalue weighted by atomic mass is 32.1. The highest BCUT2D eigenvalue weighted by molar-refractivity contribution is 7.11. The van der Waals surface area contributed by atoms with E-state index in [-0.39, 0.29) is 5.76 Å². The normalized spacial score (nSPS) is 15.2. The molecule has 0 aliphatic carbocycles. The molecule has 5 nitrogen and oxygen atoms in total. The smallest absolute Gasteiger partial charge is 0.135 e. The van der Waals surface area contributed by atoms with E-state index in [2.05, 4.69) is 9.97 Å². The summed E-state index contributed by atoms with van der Waals surface area (Å²) in [7, 11) is 0. The molecule has 3 rings (SSSR count). The molecule has 0 aromatic carbocycles. The first-order valence-corrected chi connectivity index (χ1v) is 7.10. The highest BCUT2D eigenvalue weighted by Gasteiger charge is 2.29. The molecule has 0 radical (unpaired) electrons. The third-order valence-corrected chi connectivity index (χ3v) is 4.12. The zero-order chi connectivity index (χ0) is 14.1. The van der Waals surface area contributed by atoms with E-state index in [1.807, 2.05) is 29.3 Å². The van der Waals surface area contributed by atoms with Crippen molar-refractivity contribution in [2.75, 3.05) is 6.54 Å². The second-order valence-corrected chi connectivity index (χ2v) is 5.53. The largest absolute Gasteiger partial charge is 0.510 e. The maximum absolute atomic E-state index is 10.1. The number of aliphatic hydroxyl groups excluding tert-OH is 1. The number of hydrogen-bond acceptors (Lipinski definition) is 5. The molecule has 2 N–H and O–H groups in total. The summed E-state index contributed by atoms with van der Waals surface area (Å²) in [5.41, 5.74) is 2.52. The van der Waals surface area contributed by atoms with E-state index < -0.39 is 0 Å². The topological polar surface area (TPSA) is 73.1 Å². The molecule has 1 aliphatic rings. The van der Waals surface area contributed by atoms with Crippen LogP contribution in [0.25, 0.3) is 5.57 Å². The summed E-state index contributed by atoms with van der Waals surface area (Å²) >= 11 is 1.46. The predicted octanol–water partition coefficient (Wildman–Crippen LogP) is 2.61. The fraction of sp³-hybridized carbons (Fsp3) is 0.214. The third kappa shape index (κ3) is 2.30. The summed E-state index contributed by atoms with van der Waals surface area (Å²) < 4.78 is 0. The van der Waals surface area contributed by atoms with Gasteiger partial charge in [-0.2, -0.15) is 0 Å². The molecule has 2 aromatic rings. The Bertz CT molecular complexity index is 677. The van der Waals surface area contributed by atoms with E-state index in [1.165, 1.54) is 11.3 Å². The first-order chi connectivity index (χ1) is 9.65. The summed E-state index contributed by atoms with van der Waals surface area (Å²) in [5, 5.41) is 21.0. The Labute approximate surface area is 120 Å². The number of pyridine rings is 1. The van der Waals surface area contributed by atoms with Gasteiger partial charge in [-0.3, -0.25) is 10.4 Å². The minimum absolute atomic E-state index is 0.221. The minimum atomic E-state index is 0.221. The summed E-state index contributed by atoms with van der Waals surface area (Å²) in [5.74, 6) is 0.548. The molecule has 0 unspecified atom stereocenters. The Morgan fingerprint density at radius 2 is 2.15 bits per heavy atom. The lowest BCUT2D eigenvalue weighted by Gasteiger charge is -2.18. The zero-order valence-corrected chi connectivity index (χ0v) is 11.8. The van der Waals surface area contributed by atoms with Gasteiger partial charge >= 0.3 is 0 Å². The molecule has 6 heteroatoms. The van der Waals surface area contributed by atoms with Crippen molar-refractivity contribution in [3.05, 3.63) is 51.9 Å². The van der Waals surface area contributed by atoms with E-state index in [0.29, 0.717) is 29.5 Å². The Kier molecular flexibility index (Phi) is 3.23. The van der Waals surface area contributed by atoms with Gasteiger partial charge in [-0.15, -0.1) is 11.3 Å². The van der Waals surface area contributed by atoms with Crippen LogP contribution in [0.4, 0.5) is 0 Å². The van der Waals surface area contributed by atoms with Gasteiger partial charge in [-0.05, 0) is 24.6 Å². The molecule has 20 heavy (non-hydrogen) atoms. The van der Waals surface area contributed by atoms with Gasteiger partial charge < -0.3 is 10.0 Å². The van der Waals surface area contributed by atoms with E-state index in [4.69, 9.17) is 5.41 Å². The second-order valence-electron chi connectivity index (χ2n) is 4.68. The number of aryl methyl sites for hydroxylation is 1. The Morgan fingerprint density at radius 1 is 1.40 bits per heavy atom. The van der Waals surface area contributed by atoms with Crippen LogP contribution in [0.1, 0.15) is 16.3 Å². The highest BCUT2D eigenvalue weighted by Crippen LogP contribution is 2.30. The number of aliphatic hydroxyl groups is 1. The molecule has 0 saturated heterocycles. The SMILES string of the molecule is Cc1csc(C2=C(O)CN(Cc3ccncc3)C2=N)n1. The molecule has 1 aliphatic heterocycles. The van der Waals surface area contributed by atoms with Crippen LogP contribution in [0.5, 0.6) is 0 Å². The van der Waals surface area contributed by atoms with Gasteiger partial charge in [-0.25, -0.2) is 4.98 Å².